The third-order valence-corrected chi connectivity index (χ3v) is 2.50. The Morgan fingerprint density at radius 3 is 2.30 bits per heavy atom. The first-order chi connectivity index (χ1) is 9.36. The number of azo groups is 1. The Balaban J connectivity index is 2.28. The van der Waals surface area contributed by atoms with Crippen molar-refractivity contribution in [2.75, 3.05) is 11.5 Å². The third kappa shape index (κ3) is 3.25. The molecular weight excluding hydrogens is 269 g/mol. The van der Waals surface area contributed by atoms with Crippen molar-refractivity contribution in [2.24, 2.45) is 10.2 Å². The monoisotopic (exact) mass is 280 g/mol. The molecule has 0 aliphatic rings. The van der Waals surface area contributed by atoms with Gasteiger partial charge >= 0.3 is 6.18 Å². The summed E-state index contributed by atoms with van der Waals surface area (Å²) in [6.07, 6.45) is -4.41. The molecule has 0 radical (unpaired) electrons. The van der Waals surface area contributed by atoms with Gasteiger partial charge in [-0.3, -0.25) is 0 Å². The minimum Gasteiger partial charge on any atom is -0.399 e. The van der Waals surface area contributed by atoms with Gasteiger partial charge < -0.3 is 11.5 Å². The van der Waals surface area contributed by atoms with Crippen LogP contribution < -0.4 is 11.5 Å². The average molecular weight is 280 g/mol. The molecule has 0 fully saturated rings. The van der Waals surface area contributed by atoms with Crippen LogP contribution in [0.1, 0.15) is 5.56 Å². The first-order valence-corrected chi connectivity index (χ1v) is 5.60. The maximum absolute atomic E-state index is 12.5. The number of hydrogen-bond donors (Lipinski definition) is 2. The topological polar surface area (TPSA) is 76.8 Å². The number of alkyl halides is 3. The molecule has 0 bridgehead atoms. The summed E-state index contributed by atoms with van der Waals surface area (Å²) in [5.41, 5.74) is 11.6. The van der Waals surface area contributed by atoms with Crippen LogP contribution in [0.3, 0.4) is 0 Å². The van der Waals surface area contributed by atoms with Crippen LogP contribution in [-0.2, 0) is 6.18 Å². The van der Waals surface area contributed by atoms with Gasteiger partial charge in [0.15, 0.2) is 0 Å². The van der Waals surface area contributed by atoms with Gasteiger partial charge in [0.1, 0.15) is 5.69 Å². The van der Waals surface area contributed by atoms with Crippen LogP contribution in [0, 0.1) is 0 Å². The van der Waals surface area contributed by atoms with Gasteiger partial charge in [0.25, 0.3) is 0 Å². The van der Waals surface area contributed by atoms with Gasteiger partial charge in [0.05, 0.1) is 16.9 Å². The number of nitrogens with zero attached hydrogens (tertiary/aromatic N) is 2. The number of rotatable bonds is 2. The molecule has 0 heterocycles. The zero-order valence-electron chi connectivity index (χ0n) is 10.2. The van der Waals surface area contributed by atoms with E-state index in [2.05, 4.69) is 10.2 Å². The van der Waals surface area contributed by atoms with Gasteiger partial charge in [-0.15, -0.1) is 5.11 Å². The van der Waals surface area contributed by atoms with Crippen LogP contribution in [0.4, 0.5) is 35.9 Å². The molecule has 0 aliphatic carbocycles. The molecular formula is C13H11F3N4. The Bertz CT molecular complexity index is 650. The standard InChI is InChI=1S/C13H11F3N4/c14-13(15,16)8-2-1-3-10(6-8)19-20-12-5-4-9(17)7-11(12)18/h1-7H,17-18H2. The van der Waals surface area contributed by atoms with Gasteiger partial charge in [-0.1, -0.05) is 6.07 Å². The second-order valence-electron chi connectivity index (χ2n) is 4.07. The molecule has 0 atom stereocenters. The summed E-state index contributed by atoms with van der Waals surface area (Å²) in [5.74, 6) is 0. The molecule has 0 aliphatic heterocycles. The zero-order valence-corrected chi connectivity index (χ0v) is 10.2. The van der Waals surface area contributed by atoms with Crippen molar-refractivity contribution in [3.05, 3.63) is 48.0 Å². The molecule has 2 aromatic carbocycles. The fourth-order valence-corrected chi connectivity index (χ4v) is 1.52. The van der Waals surface area contributed by atoms with Crippen molar-refractivity contribution in [1.29, 1.82) is 0 Å². The fraction of sp³-hybridized carbons (Fsp3) is 0.0769. The Morgan fingerprint density at radius 2 is 1.65 bits per heavy atom. The van der Waals surface area contributed by atoms with Gasteiger partial charge in [-0.2, -0.15) is 18.3 Å². The predicted octanol–water partition coefficient (Wildman–Crippen LogP) is 4.29. The summed E-state index contributed by atoms with van der Waals surface area (Å²) in [6.45, 7) is 0. The van der Waals surface area contributed by atoms with Crippen molar-refractivity contribution < 1.29 is 13.2 Å². The van der Waals surface area contributed by atoms with Crippen LogP contribution in [0.5, 0.6) is 0 Å². The van der Waals surface area contributed by atoms with Crippen LogP contribution in [0.25, 0.3) is 0 Å². The van der Waals surface area contributed by atoms with Crippen LogP contribution in [0.2, 0.25) is 0 Å². The average Bonchev–Trinajstić information content (AvgIpc) is 2.37. The number of benzene rings is 2. The maximum atomic E-state index is 12.5. The van der Waals surface area contributed by atoms with Gasteiger partial charge in [0.2, 0.25) is 0 Å². The van der Waals surface area contributed by atoms with E-state index in [0.29, 0.717) is 17.1 Å². The first kappa shape index (κ1) is 13.9. The lowest BCUT2D eigenvalue weighted by molar-refractivity contribution is -0.137. The van der Waals surface area contributed by atoms with E-state index in [1.807, 2.05) is 0 Å². The van der Waals surface area contributed by atoms with E-state index < -0.39 is 11.7 Å². The molecule has 104 valence electrons. The van der Waals surface area contributed by atoms with E-state index in [0.717, 1.165) is 12.1 Å². The lowest BCUT2D eigenvalue weighted by Gasteiger charge is -2.06. The summed E-state index contributed by atoms with van der Waals surface area (Å²) in [6, 6.07) is 9.20. The summed E-state index contributed by atoms with van der Waals surface area (Å²) < 4.78 is 37.6. The smallest absolute Gasteiger partial charge is 0.399 e. The highest BCUT2D eigenvalue weighted by molar-refractivity contribution is 5.67. The number of nitrogen functional groups attached to an aromatic ring is 2. The Kier molecular flexibility index (Phi) is 3.60. The minimum absolute atomic E-state index is 0.0936. The third-order valence-electron chi connectivity index (χ3n) is 2.50. The van der Waals surface area contributed by atoms with E-state index in [1.165, 1.54) is 18.2 Å². The Hall–Kier alpha value is -2.57. The number of anilines is 2. The second kappa shape index (κ2) is 5.20. The van der Waals surface area contributed by atoms with Gasteiger partial charge in [-0.25, -0.2) is 0 Å². The van der Waals surface area contributed by atoms with Crippen molar-refractivity contribution in [3.63, 3.8) is 0 Å². The van der Waals surface area contributed by atoms with E-state index in [9.17, 15) is 13.2 Å². The quantitative estimate of drug-likeness (QED) is 0.636. The molecule has 0 saturated heterocycles. The van der Waals surface area contributed by atoms with Crippen molar-refractivity contribution in [2.45, 2.75) is 6.18 Å². The van der Waals surface area contributed by atoms with Gasteiger partial charge in [-0.05, 0) is 36.4 Å². The van der Waals surface area contributed by atoms with Crippen LogP contribution >= 0.6 is 0 Å². The molecule has 2 rings (SSSR count). The molecule has 2 aromatic rings. The highest BCUT2D eigenvalue weighted by atomic mass is 19.4. The normalized spacial score (nSPS) is 11.9. The lowest BCUT2D eigenvalue weighted by Crippen LogP contribution is -2.03. The van der Waals surface area contributed by atoms with Crippen molar-refractivity contribution in [1.82, 2.24) is 0 Å². The highest BCUT2D eigenvalue weighted by Gasteiger charge is 2.30. The summed E-state index contributed by atoms with van der Waals surface area (Å²) >= 11 is 0. The van der Waals surface area contributed by atoms with Crippen molar-refractivity contribution in [3.8, 4) is 0 Å². The molecule has 0 unspecified atom stereocenters. The lowest BCUT2D eigenvalue weighted by atomic mass is 10.2. The van der Waals surface area contributed by atoms with Gasteiger partial charge in [0, 0.05) is 5.69 Å². The molecule has 20 heavy (non-hydrogen) atoms. The molecule has 4 N–H and O–H groups in total. The fourth-order valence-electron chi connectivity index (χ4n) is 1.52. The molecule has 7 heteroatoms. The zero-order chi connectivity index (χ0) is 14.8. The van der Waals surface area contributed by atoms with Crippen LogP contribution in [0.15, 0.2) is 52.7 Å². The van der Waals surface area contributed by atoms with E-state index in [1.54, 1.807) is 12.1 Å². The van der Waals surface area contributed by atoms with E-state index in [4.69, 9.17) is 11.5 Å². The summed E-state index contributed by atoms with van der Waals surface area (Å²) in [5, 5.41) is 7.56. The Labute approximate surface area is 112 Å². The van der Waals surface area contributed by atoms with E-state index >= 15 is 0 Å². The summed E-state index contributed by atoms with van der Waals surface area (Å²) in [4.78, 5) is 0. The maximum Gasteiger partial charge on any atom is 0.416 e. The highest BCUT2D eigenvalue weighted by Crippen LogP contribution is 2.32. The second-order valence-corrected chi connectivity index (χ2v) is 4.07. The molecule has 4 nitrogen and oxygen atoms in total. The van der Waals surface area contributed by atoms with Crippen LogP contribution in [-0.4, -0.2) is 0 Å². The number of halogens is 3. The molecule has 0 aromatic heterocycles. The van der Waals surface area contributed by atoms with Crippen molar-refractivity contribution >= 4 is 22.7 Å². The Morgan fingerprint density at radius 1 is 0.900 bits per heavy atom. The molecule has 0 amide bonds. The van der Waals surface area contributed by atoms with E-state index in [-0.39, 0.29) is 5.69 Å². The number of hydrogen-bond acceptors (Lipinski definition) is 4. The molecule has 0 saturated carbocycles. The largest absolute Gasteiger partial charge is 0.416 e. The minimum atomic E-state index is -4.41. The SMILES string of the molecule is Nc1ccc(N=Nc2cccc(C(F)(F)F)c2)c(N)c1. The number of nitrogens with two attached hydrogens (primary N) is 2. The summed E-state index contributed by atoms with van der Waals surface area (Å²) in [7, 11) is 0. The molecule has 0 spiro atoms. The first-order valence-electron chi connectivity index (χ1n) is 5.60. The predicted molar refractivity (Wildman–Crippen MR) is 70.9 cm³/mol.